The molecule has 2 aromatic carbocycles. The van der Waals surface area contributed by atoms with E-state index in [2.05, 4.69) is 5.32 Å². The van der Waals surface area contributed by atoms with Crippen LogP contribution in [0.25, 0.3) is 0 Å². The van der Waals surface area contributed by atoms with Gasteiger partial charge in [0.05, 0.1) is 7.11 Å². The van der Waals surface area contributed by atoms with Crippen LogP contribution in [0, 0.1) is 6.92 Å². The maximum Gasteiger partial charge on any atom is 0.325 e. The quantitative estimate of drug-likeness (QED) is 0.825. The molecule has 1 unspecified atom stereocenters. The minimum Gasteiger partial charge on any atom is -0.497 e. The van der Waals surface area contributed by atoms with Crippen molar-refractivity contribution in [1.82, 2.24) is 5.32 Å². The molecule has 116 valence electrons. The van der Waals surface area contributed by atoms with Gasteiger partial charge in [0.1, 0.15) is 11.8 Å². The van der Waals surface area contributed by atoms with Gasteiger partial charge in [-0.05, 0) is 36.6 Å². The molecular weight excluding hydrogens is 278 g/mol. The first-order valence-corrected chi connectivity index (χ1v) is 7.26. The average molecular weight is 299 g/mol. The number of benzene rings is 2. The zero-order valence-corrected chi connectivity index (χ0v) is 12.9. The van der Waals surface area contributed by atoms with Crippen LogP contribution in [0.2, 0.25) is 0 Å². The van der Waals surface area contributed by atoms with Gasteiger partial charge in [-0.2, -0.15) is 0 Å². The van der Waals surface area contributed by atoms with E-state index in [0.29, 0.717) is 6.54 Å². The Morgan fingerprint density at radius 2 is 1.95 bits per heavy atom. The molecule has 0 bridgehead atoms. The number of carboxylic acid groups (broad SMARTS) is 1. The Hall–Kier alpha value is -2.33. The first-order chi connectivity index (χ1) is 10.6. The molecule has 0 saturated carbocycles. The SMILES string of the molecule is COc1ccc(CCNC(C(=O)O)c2cccc(C)c2)cc1. The fraction of sp³-hybridized carbons (Fsp3) is 0.278. The van der Waals surface area contributed by atoms with Gasteiger partial charge in [0.25, 0.3) is 0 Å². The largest absolute Gasteiger partial charge is 0.497 e. The van der Waals surface area contributed by atoms with E-state index in [1.807, 2.05) is 55.5 Å². The fourth-order valence-electron chi connectivity index (χ4n) is 2.35. The predicted octanol–water partition coefficient (Wildman–Crippen LogP) is 2.96. The molecule has 0 fully saturated rings. The Morgan fingerprint density at radius 3 is 2.55 bits per heavy atom. The lowest BCUT2D eigenvalue weighted by atomic mass is 10.0. The van der Waals surface area contributed by atoms with E-state index in [1.54, 1.807) is 7.11 Å². The van der Waals surface area contributed by atoms with Crippen LogP contribution in [0.4, 0.5) is 0 Å². The molecule has 0 saturated heterocycles. The second-order valence-electron chi connectivity index (χ2n) is 5.24. The number of carboxylic acids is 1. The third-order valence-electron chi connectivity index (χ3n) is 3.54. The van der Waals surface area contributed by atoms with Crippen molar-refractivity contribution in [3.8, 4) is 5.75 Å². The van der Waals surface area contributed by atoms with Gasteiger partial charge in [0.2, 0.25) is 0 Å². The molecule has 0 aromatic heterocycles. The summed E-state index contributed by atoms with van der Waals surface area (Å²) in [5.41, 5.74) is 2.98. The highest BCUT2D eigenvalue weighted by Crippen LogP contribution is 2.15. The zero-order chi connectivity index (χ0) is 15.9. The van der Waals surface area contributed by atoms with Crippen LogP contribution in [-0.2, 0) is 11.2 Å². The van der Waals surface area contributed by atoms with Crippen LogP contribution in [0.3, 0.4) is 0 Å². The maximum atomic E-state index is 11.5. The molecule has 0 aliphatic heterocycles. The van der Waals surface area contributed by atoms with E-state index in [4.69, 9.17) is 4.74 Å². The molecule has 0 spiro atoms. The molecule has 2 aromatic rings. The second-order valence-corrected chi connectivity index (χ2v) is 5.24. The van der Waals surface area contributed by atoms with Gasteiger partial charge in [0, 0.05) is 6.54 Å². The van der Waals surface area contributed by atoms with E-state index in [1.165, 1.54) is 0 Å². The third-order valence-corrected chi connectivity index (χ3v) is 3.54. The number of nitrogens with one attached hydrogen (secondary N) is 1. The standard InChI is InChI=1S/C18H21NO3/c1-13-4-3-5-15(12-13)17(18(20)21)19-11-10-14-6-8-16(22-2)9-7-14/h3-9,12,17,19H,10-11H2,1-2H3,(H,20,21). The highest BCUT2D eigenvalue weighted by molar-refractivity contribution is 5.75. The molecule has 0 aliphatic rings. The van der Waals surface area contributed by atoms with Crippen molar-refractivity contribution < 1.29 is 14.6 Å². The van der Waals surface area contributed by atoms with Crippen molar-refractivity contribution in [3.63, 3.8) is 0 Å². The third kappa shape index (κ3) is 4.33. The highest BCUT2D eigenvalue weighted by atomic mass is 16.5. The van der Waals surface area contributed by atoms with Crippen LogP contribution in [0.1, 0.15) is 22.7 Å². The summed E-state index contributed by atoms with van der Waals surface area (Å²) in [4.78, 5) is 11.5. The molecule has 0 heterocycles. The first kappa shape index (κ1) is 16.0. The number of aliphatic carboxylic acids is 1. The topological polar surface area (TPSA) is 58.6 Å². The number of aryl methyl sites for hydroxylation is 1. The average Bonchev–Trinajstić information content (AvgIpc) is 2.51. The van der Waals surface area contributed by atoms with Crippen molar-refractivity contribution in [2.75, 3.05) is 13.7 Å². The van der Waals surface area contributed by atoms with Crippen molar-refractivity contribution in [2.24, 2.45) is 0 Å². The Morgan fingerprint density at radius 1 is 1.23 bits per heavy atom. The first-order valence-electron chi connectivity index (χ1n) is 7.26. The summed E-state index contributed by atoms with van der Waals surface area (Å²) in [6.45, 7) is 2.55. The summed E-state index contributed by atoms with van der Waals surface area (Å²) in [6.07, 6.45) is 0.763. The summed E-state index contributed by atoms with van der Waals surface area (Å²) in [5.74, 6) is -0.0415. The molecule has 2 rings (SSSR count). The van der Waals surface area contributed by atoms with Crippen molar-refractivity contribution >= 4 is 5.97 Å². The van der Waals surface area contributed by atoms with Gasteiger partial charge in [-0.3, -0.25) is 4.79 Å². The molecule has 2 N–H and O–H groups in total. The Balaban J connectivity index is 1.96. The van der Waals surface area contributed by atoms with Gasteiger partial charge >= 0.3 is 5.97 Å². The molecule has 4 nitrogen and oxygen atoms in total. The molecular formula is C18H21NO3. The van der Waals surface area contributed by atoms with Crippen LogP contribution >= 0.6 is 0 Å². The molecule has 4 heteroatoms. The monoisotopic (exact) mass is 299 g/mol. The number of ether oxygens (including phenoxy) is 1. The summed E-state index contributed by atoms with van der Waals surface area (Å²) < 4.78 is 5.12. The Labute approximate surface area is 130 Å². The van der Waals surface area contributed by atoms with Crippen molar-refractivity contribution in [1.29, 1.82) is 0 Å². The fourth-order valence-corrected chi connectivity index (χ4v) is 2.35. The van der Waals surface area contributed by atoms with Gasteiger partial charge in [-0.1, -0.05) is 42.0 Å². The number of carbonyl (C=O) groups is 1. The lowest BCUT2D eigenvalue weighted by Gasteiger charge is -2.15. The number of methoxy groups -OCH3 is 1. The molecule has 0 amide bonds. The summed E-state index contributed by atoms with van der Waals surface area (Å²) >= 11 is 0. The van der Waals surface area contributed by atoms with Crippen molar-refractivity contribution in [2.45, 2.75) is 19.4 Å². The summed E-state index contributed by atoms with van der Waals surface area (Å²) in [5, 5.41) is 12.5. The van der Waals surface area contributed by atoms with E-state index >= 15 is 0 Å². The maximum absolute atomic E-state index is 11.5. The second kappa shape index (κ2) is 7.61. The van der Waals surface area contributed by atoms with Gasteiger partial charge in [0.15, 0.2) is 0 Å². The minimum atomic E-state index is -0.861. The lowest BCUT2D eigenvalue weighted by molar-refractivity contribution is -0.139. The number of rotatable bonds is 7. The smallest absolute Gasteiger partial charge is 0.325 e. The lowest BCUT2D eigenvalue weighted by Crippen LogP contribution is -2.30. The number of hydrogen-bond acceptors (Lipinski definition) is 3. The van der Waals surface area contributed by atoms with Gasteiger partial charge < -0.3 is 15.2 Å². The molecule has 22 heavy (non-hydrogen) atoms. The van der Waals surface area contributed by atoms with Gasteiger partial charge in [-0.25, -0.2) is 0 Å². The number of hydrogen-bond donors (Lipinski definition) is 2. The molecule has 0 aliphatic carbocycles. The van der Waals surface area contributed by atoms with E-state index in [-0.39, 0.29) is 0 Å². The van der Waals surface area contributed by atoms with Crippen LogP contribution in [-0.4, -0.2) is 24.7 Å². The zero-order valence-electron chi connectivity index (χ0n) is 12.9. The van der Waals surface area contributed by atoms with Crippen LogP contribution in [0.15, 0.2) is 48.5 Å². The summed E-state index contributed by atoms with van der Waals surface area (Å²) in [6, 6.07) is 14.7. The summed E-state index contributed by atoms with van der Waals surface area (Å²) in [7, 11) is 1.63. The van der Waals surface area contributed by atoms with Crippen LogP contribution < -0.4 is 10.1 Å². The van der Waals surface area contributed by atoms with Crippen molar-refractivity contribution in [3.05, 3.63) is 65.2 Å². The predicted molar refractivity (Wildman–Crippen MR) is 86.3 cm³/mol. The van der Waals surface area contributed by atoms with Crippen LogP contribution in [0.5, 0.6) is 5.75 Å². The normalized spacial score (nSPS) is 11.9. The Bertz CT molecular complexity index is 622. The molecule has 0 radical (unpaired) electrons. The highest BCUT2D eigenvalue weighted by Gasteiger charge is 2.18. The Kier molecular flexibility index (Phi) is 5.55. The van der Waals surface area contributed by atoms with E-state index in [9.17, 15) is 9.90 Å². The minimum absolute atomic E-state index is 0.594. The van der Waals surface area contributed by atoms with Gasteiger partial charge in [-0.15, -0.1) is 0 Å². The van der Waals surface area contributed by atoms with E-state index < -0.39 is 12.0 Å². The molecule has 1 atom stereocenters. The van der Waals surface area contributed by atoms with E-state index in [0.717, 1.165) is 28.9 Å².